The van der Waals surface area contributed by atoms with Gasteiger partial charge >= 0.3 is 0 Å². The van der Waals surface area contributed by atoms with Crippen molar-refractivity contribution in [3.05, 3.63) is 23.1 Å². The van der Waals surface area contributed by atoms with Crippen LogP contribution in [0.2, 0.25) is 0 Å². The predicted molar refractivity (Wildman–Crippen MR) is 60.6 cm³/mol. The number of anilines is 2. The van der Waals surface area contributed by atoms with Crippen molar-refractivity contribution in [3.8, 4) is 0 Å². The van der Waals surface area contributed by atoms with Crippen LogP contribution in [0.4, 0.5) is 10.7 Å². The maximum absolute atomic E-state index is 10.9. The Bertz CT molecular complexity index is 370. The fourth-order valence-electron chi connectivity index (χ4n) is 0.923. The van der Waals surface area contributed by atoms with E-state index in [1.165, 1.54) is 11.3 Å². The zero-order chi connectivity index (χ0) is 10.7. The van der Waals surface area contributed by atoms with Crippen molar-refractivity contribution in [2.45, 2.75) is 6.92 Å². The number of primary amides is 1. The Labute approximate surface area is 86.6 Å². The van der Waals surface area contributed by atoms with E-state index >= 15 is 0 Å². The Balaban J connectivity index is 2.76. The van der Waals surface area contributed by atoms with Crippen molar-refractivity contribution in [2.24, 2.45) is 5.73 Å². The third-order valence-electron chi connectivity index (χ3n) is 1.55. The first-order valence-electron chi connectivity index (χ1n) is 4.08. The third kappa shape index (κ3) is 2.50. The first-order chi connectivity index (χ1) is 6.50. The van der Waals surface area contributed by atoms with Crippen molar-refractivity contribution < 1.29 is 4.79 Å². The highest BCUT2D eigenvalue weighted by molar-refractivity contribution is 7.18. The summed E-state index contributed by atoms with van der Waals surface area (Å²) in [6.45, 7) is 6.33. The maximum atomic E-state index is 10.9. The molecule has 1 aromatic heterocycles. The van der Waals surface area contributed by atoms with Gasteiger partial charge in [-0.2, -0.15) is 0 Å². The molecule has 0 atom stereocenters. The fourth-order valence-corrected chi connectivity index (χ4v) is 1.75. The third-order valence-corrected chi connectivity index (χ3v) is 2.67. The number of nitrogens with two attached hydrogens (primary N) is 2. The lowest BCUT2D eigenvalue weighted by Gasteiger charge is -2.00. The zero-order valence-electron chi connectivity index (χ0n) is 7.96. The molecule has 0 aliphatic carbocycles. The normalized spacial score (nSPS) is 9.79. The van der Waals surface area contributed by atoms with Crippen LogP contribution in [0.3, 0.4) is 0 Å². The standard InChI is InChI=1S/C9H13N3OS/c1-5(2)4-12-7-3-6(10)8(14-7)9(11)13/h3,12H,1,4,10H2,2H3,(H2,11,13). The van der Waals surface area contributed by atoms with Crippen LogP contribution in [0.5, 0.6) is 0 Å². The lowest BCUT2D eigenvalue weighted by molar-refractivity contribution is 0.100. The van der Waals surface area contributed by atoms with Crippen molar-refractivity contribution in [1.29, 1.82) is 0 Å². The number of amides is 1. The molecule has 5 N–H and O–H groups in total. The van der Waals surface area contributed by atoms with Gasteiger partial charge in [0.2, 0.25) is 0 Å². The van der Waals surface area contributed by atoms with Gasteiger partial charge in [0.25, 0.3) is 5.91 Å². The molecular weight excluding hydrogens is 198 g/mol. The summed E-state index contributed by atoms with van der Waals surface area (Å²) in [6.07, 6.45) is 0. The maximum Gasteiger partial charge on any atom is 0.260 e. The van der Waals surface area contributed by atoms with E-state index in [0.29, 0.717) is 17.1 Å². The summed E-state index contributed by atoms with van der Waals surface area (Å²) in [6, 6.07) is 1.70. The molecule has 14 heavy (non-hydrogen) atoms. The molecule has 4 nitrogen and oxygen atoms in total. The molecule has 0 fully saturated rings. The molecule has 0 saturated carbocycles. The van der Waals surface area contributed by atoms with Crippen LogP contribution in [-0.2, 0) is 0 Å². The molecule has 0 radical (unpaired) electrons. The Morgan fingerprint density at radius 2 is 2.36 bits per heavy atom. The van der Waals surface area contributed by atoms with E-state index < -0.39 is 5.91 Å². The van der Waals surface area contributed by atoms with E-state index in [0.717, 1.165) is 10.6 Å². The molecule has 1 heterocycles. The van der Waals surface area contributed by atoms with Gasteiger partial charge in [-0.15, -0.1) is 11.3 Å². The minimum Gasteiger partial charge on any atom is -0.397 e. The van der Waals surface area contributed by atoms with Crippen LogP contribution in [0.1, 0.15) is 16.6 Å². The number of carbonyl (C=O) groups is 1. The molecule has 1 aromatic rings. The van der Waals surface area contributed by atoms with Gasteiger partial charge in [-0.3, -0.25) is 4.79 Å². The van der Waals surface area contributed by atoms with Gasteiger partial charge in [-0.25, -0.2) is 0 Å². The van der Waals surface area contributed by atoms with E-state index in [9.17, 15) is 4.79 Å². The van der Waals surface area contributed by atoms with E-state index in [1.807, 2.05) is 6.92 Å². The molecule has 0 unspecified atom stereocenters. The van der Waals surface area contributed by atoms with Gasteiger partial charge in [0.15, 0.2) is 0 Å². The smallest absolute Gasteiger partial charge is 0.260 e. The van der Waals surface area contributed by atoms with Crippen LogP contribution in [0.15, 0.2) is 18.2 Å². The van der Waals surface area contributed by atoms with Crippen molar-refractivity contribution in [1.82, 2.24) is 0 Å². The minimum atomic E-state index is -0.490. The molecule has 0 bridgehead atoms. The minimum absolute atomic E-state index is 0.397. The molecule has 0 aromatic carbocycles. The number of carbonyl (C=O) groups excluding carboxylic acids is 1. The van der Waals surface area contributed by atoms with Crippen LogP contribution in [0, 0.1) is 0 Å². The molecule has 0 spiro atoms. The summed E-state index contributed by atoms with van der Waals surface area (Å²) < 4.78 is 0. The van der Waals surface area contributed by atoms with E-state index in [4.69, 9.17) is 11.5 Å². The Morgan fingerprint density at radius 1 is 1.71 bits per heavy atom. The largest absolute Gasteiger partial charge is 0.397 e. The molecule has 5 heteroatoms. The number of nitrogens with one attached hydrogen (secondary N) is 1. The van der Waals surface area contributed by atoms with E-state index in [-0.39, 0.29) is 0 Å². The summed E-state index contributed by atoms with van der Waals surface area (Å²) in [4.78, 5) is 11.3. The Hall–Kier alpha value is -1.49. The predicted octanol–water partition coefficient (Wildman–Crippen LogP) is 1.42. The van der Waals surface area contributed by atoms with Gasteiger partial charge in [0, 0.05) is 6.54 Å². The van der Waals surface area contributed by atoms with Gasteiger partial charge in [0.05, 0.1) is 10.7 Å². The zero-order valence-corrected chi connectivity index (χ0v) is 8.78. The molecule has 1 amide bonds. The first kappa shape index (κ1) is 10.6. The van der Waals surface area contributed by atoms with Crippen LogP contribution in [-0.4, -0.2) is 12.5 Å². The second-order valence-corrected chi connectivity index (χ2v) is 4.12. The lowest BCUT2D eigenvalue weighted by Crippen LogP contribution is -2.10. The average Bonchev–Trinajstić information content (AvgIpc) is 2.43. The summed E-state index contributed by atoms with van der Waals surface area (Å²) in [7, 11) is 0. The SMILES string of the molecule is C=C(C)CNc1cc(N)c(C(N)=O)s1. The van der Waals surface area contributed by atoms with Crippen molar-refractivity contribution in [3.63, 3.8) is 0 Å². The first-order valence-corrected chi connectivity index (χ1v) is 4.89. The van der Waals surface area contributed by atoms with Crippen LogP contribution < -0.4 is 16.8 Å². The summed E-state index contributed by atoms with van der Waals surface area (Å²) >= 11 is 1.26. The quantitative estimate of drug-likeness (QED) is 0.659. The highest BCUT2D eigenvalue weighted by Crippen LogP contribution is 2.28. The average molecular weight is 211 g/mol. The molecule has 0 aliphatic rings. The number of nitrogen functional groups attached to an aromatic ring is 1. The van der Waals surface area contributed by atoms with Crippen LogP contribution >= 0.6 is 11.3 Å². The molecule has 0 saturated heterocycles. The molecule has 76 valence electrons. The highest BCUT2D eigenvalue weighted by atomic mass is 32.1. The van der Waals surface area contributed by atoms with Crippen molar-refractivity contribution in [2.75, 3.05) is 17.6 Å². The summed E-state index contributed by atoms with van der Waals surface area (Å²) in [5, 5.41) is 3.92. The van der Waals surface area contributed by atoms with Gasteiger partial charge < -0.3 is 16.8 Å². The van der Waals surface area contributed by atoms with Gasteiger partial charge in [-0.1, -0.05) is 12.2 Å². The van der Waals surface area contributed by atoms with Crippen LogP contribution in [0.25, 0.3) is 0 Å². The van der Waals surface area contributed by atoms with E-state index in [1.54, 1.807) is 6.07 Å². The molecule has 0 aliphatic heterocycles. The second-order valence-electron chi connectivity index (χ2n) is 3.07. The summed E-state index contributed by atoms with van der Waals surface area (Å²) in [5.74, 6) is -0.490. The summed E-state index contributed by atoms with van der Waals surface area (Å²) in [5.41, 5.74) is 12.2. The highest BCUT2D eigenvalue weighted by Gasteiger charge is 2.10. The molecule has 1 rings (SSSR count). The number of hydrogen-bond donors (Lipinski definition) is 3. The Kier molecular flexibility index (Phi) is 3.14. The molecular formula is C9H13N3OS. The number of hydrogen-bond acceptors (Lipinski definition) is 4. The van der Waals surface area contributed by atoms with E-state index in [2.05, 4.69) is 11.9 Å². The van der Waals surface area contributed by atoms with Crippen molar-refractivity contribution >= 4 is 27.9 Å². The topological polar surface area (TPSA) is 81.1 Å². The monoisotopic (exact) mass is 211 g/mol. The fraction of sp³-hybridized carbons (Fsp3) is 0.222. The lowest BCUT2D eigenvalue weighted by atomic mass is 10.3. The van der Waals surface area contributed by atoms with Gasteiger partial charge in [-0.05, 0) is 13.0 Å². The Morgan fingerprint density at radius 3 is 2.79 bits per heavy atom. The number of thiophene rings is 1. The second kappa shape index (κ2) is 4.15. The number of rotatable bonds is 4. The van der Waals surface area contributed by atoms with Gasteiger partial charge in [0.1, 0.15) is 4.88 Å².